The third-order valence-electron chi connectivity index (χ3n) is 3.40. The molecule has 0 aromatic rings. The summed E-state index contributed by atoms with van der Waals surface area (Å²) in [6, 6.07) is -0.748. The first-order valence-corrected chi connectivity index (χ1v) is 6.95. The number of rotatable bonds is 3. The van der Waals surface area contributed by atoms with Crippen LogP contribution in [-0.2, 0) is 9.57 Å². The zero-order valence-corrected chi connectivity index (χ0v) is 11.9. The average molecular weight is 304 g/mol. The van der Waals surface area contributed by atoms with Crippen LogP contribution in [0.5, 0.6) is 0 Å². The molecule has 5 atom stereocenters. The largest absolute Gasteiger partial charge is 0.394 e. The molecule has 2 fully saturated rings. The first kappa shape index (κ1) is 15.7. The van der Waals surface area contributed by atoms with E-state index in [4.69, 9.17) is 14.7 Å². The Kier molecular flexibility index (Phi) is 5.42. The summed E-state index contributed by atoms with van der Waals surface area (Å²) in [7, 11) is 0. The first-order valence-electron chi connectivity index (χ1n) is 6.50. The van der Waals surface area contributed by atoms with Gasteiger partial charge >= 0.3 is 0 Å². The van der Waals surface area contributed by atoms with E-state index in [0.29, 0.717) is 18.3 Å². The van der Waals surface area contributed by atoms with Crippen molar-refractivity contribution in [1.82, 2.24) is 5.06 Å². The van der Waals surface area contributed by atoms with E-state index >= 15 is 0 Å². The second-order valence-corrected chi connectivity index (χ2v) is 5.15. The second-order valence-electron chi connectivity index (χ2n) is 4.75. The van der Waals surface area contributed by atoms with Crippen molar-refractivity contribution in [1.29, 1.82) is 0 Å². The molecule has 2 aliphatic heterocycles. The molecule has 0 amide bonds. The van der Waals surface area contributed by atoms with Crippen molar-refractivity contribution in [3.8, 4) is 0 Å². The van der Waals surface area contributed by atoms with Gasteiger partial charge in [0.25, 0.3) is 0 Å². The van der Waals surface area contributed by atoms with E-state index in [-0.39, 0.29) is 6.61 Å². The van der Waals surface area contributed by atoms with Crippen LogP contribution in [0.1, 0.15) is 6.42 Å². The highest BCUT2D eigenvalue weighted by Crippen LogP contribution is 2.25. The molecule has 0 unspecified atom stereocenters. The van der Waals surface area contributed by atoms with Crippen molar-refractivity contribution < 1.29 is 24.9 Å². The van der Waals surface area contributed by atoms with Gasteiger partial charge in [-0.15, -0.1) is 19.2 Å². The van der Waals surface area contributed by atoms with Gasteiger partial charge in [-0.2, -0.15) is 0 Å². The number of aliphatic imine (C=N–C) groups is 1. The summed E-state index contributed by atoms with van der Waals surface area (Å²) in [4.78, 5) is 9.57. The number of hydrogen-bond donors (Lipinski definition) is 4. The predicted octanol–water partition coefficient (Wildman–Crippen LogP) is -1.05. The fourth-order valence-electron chi connectivity index (χ4n) is 2.28. The Morgan fingerprint density at radius 1 is 1.45 bits per heavy atom. The molecule has 0 bridgehead atoms. The molecular formula is C12H20N2O5S. The Hall–Kier alpha value is -0.640. The lowest BCUT2D eigenvalue weighted by Gasteiger charge is -2.39. The number of amidine groups is 1. The van der Waals surface area contributed by atoms with Crippen LogP contribution in [0.3, 0.4) is 0 Å². The molecule has 0 saturated carbocycles. The molecule has 2 aliphatic rings. The van der Waals surface area contributed by atoms with Crippen LogP contribution in [-0.4, -0.2) is 75.8 Å². The molecule has 0 aliphatic carbocycles. The summed E-state index contributed by atoms with van der Waals surface area (Å²) < 4.78 is 5.47. The topological polar surface area (TPSA) is 94.8 Å². The first-order chi connectivity index (χ1) is 9.58. The fraction of sp³-hybridized carbons (Fsp3) is 0.750. The maximum atomic E-state index is 10.1. The molecule has 0 radical (unpaired) electrons. The van der Waals surface area contributed by atoms with Crippen LogP contribution >= 0.6 is 12.6 Å². The minimum atomic E-state index is -1.22. The Morgan fingerprint density at radius 3 is 2.75 bits per heavy atom. The van der Waals surface area contributed by atoms with E-state index in [1.54, 1.807) is 0 Å². The molecule has 0 aromatic carbocycles. The Bertz CT molecular complexity index is 375. The van der Waals surface area contributed by atoms with E-state index in [1.807, 2.05) is 0 Å². The summed E-state index contributed by atoms with van der Waals surface area (Å²) in [5.74, 6) is 0. The molecule has 3 N–H and O–H groups in total. The molecular weight excluding hydrogens is 284 g/mol. The number of aliphatic hydroxyl groups excluding tert-OH is 3. The second kappa shape index (κ2) is 6.88. The summed E-state index contributed by atoms with van der Waals surface area (Å²) in [5, 5.41) is 31.0. The zero-order valence-electron chi connectivity index (χ0n) is 11.0. The summed E-state index contributed by atoms with van der Waals surface area (Å²) >= 11 is 4.25. The lowest BCUT2D eigenvalue weighted by molar-refractivity contribution is -0.176. The smallest absolute Gasteiger partial charge is 0.180 e. The maximum absolute atomic E-state index is 10.1. The Morgan fingerprint density at radius 2 is 2.20 bits per heavy atom. The van der Waals surface area contributed by atoms with E-state index < -0.39 is 30.5 Å². The van der Waals surface area contributed by atoms with Crippen LogP contribution in [0.2, 0.25) is 0 Å². The van der Waals surface area contributed by atoms with Crippen molar-refractivity contribution in [3.05, 3.63) is 12.7 Å². The third kappa shape index (κ3) is 3.16. The highest BCUT2D eigenvalue weighted by Gasteiger charge is 2.43. The van der Waals surface area contributed by atoms with Gasteiger partial charge < -0.3 is 20.1 Å². The van der Waals surface area contributed by atoms with Crippen molar-refractivity contribution >= 4 is 17.8 Å². The molecule has 0 aromatic heterocycles. The molecule has 2 saturated heterocycles. The highest BCUT2D eigenvalue weighted by atomic mass is 32.1. The van der Waals surface area contributed by atoms with E-state index in [0.717, 1.165) is 6.42 Å². The monoisotopic (exact) mass is 304 g/mol. The standard InChI is InChI=1S/C12H20N2O5S/c1-2-7-9(11(17)10(16)8(6-15)19-7)13-12(20)14-4-3-5-18-14/h2,7-11,15-17H,1,3-6H2,(H,13,20)/t7-,8-,9+,10-,11-/m1/s1. The zero-order chi connectivity index (χ0) is 14.7. The van der Waals surface area contributed by atoms with Gasteiger partial charge in [0.1, 0.15) is 30.5 Å². The molecule has 8 heteroatoms. The minimum absolute atomic E-state index is 0.316. The minimum Gasteiger partial charge on any atom is -0.394 e. The van der Waals surface area contributed by atoms with Gasteiger partial charge in [0.15, 0.2) is 5.17 Å². The van der Waals surface area contributed by atoms with E-state index in [1.165, 1.54) is 11.1 Å². The van der Waals surface area contributed by atoms with Gasteiger partial charge in [-0.05, 0) is 6.42 Å². The fourth-order valence-corrected chi connectivity index (χ4v) is 2.57. The van der Waals surface area contributed by atoms with Crippen molar-refractivity contribution in [2.24, 2.45) is 4.99 Å². The van der Waals surface area contributed by atoms with Crippen LogP contribution in [0.25, 0.3) is 0 Å². The number of hydrogen-bond acceptors (Lipinski definition) is 6. The van der Waals surface area contributed by atoms with Crippen molar-refractivity contribution in [3.63, 3.8) is 0 Å². The molecule has 2 rings (SSSR count). The van der Waals surface area contributed by atoms with Crippen molar-refractivity contribution in [2.45, 2.75) is 36.9 Å². The number of hydroxylamine groups is 2. The number of ether oxygens (including phenoxy) is 1. The lowest BCUT2D eigenvalue weighted by Crippen LogP contribution is -2.57. The Labute approximate surface area is 122 Å². The lowest BCUT2D eigenvalue weighted by atomic mass is 9.93. The van der Waals surface area contributed by atoms with Crippen LogP contribution in [0.15, 0.2) is 17.6 Å². The summed E-state index contributed by atoms with van der Waals surface area (Å²) in [6.45, 7) is 4.52. The third-order valence-corrected chi connectivity index (χ3v) is 3.74. The van der Waals surface area contributed by atoms with Crippen LogP contribution in [0, 0.1) is 0 Å². The van der Waals surface area contributed by atoms with Gasteiger partial charge in [0, 0.05) is 0 Å². The van der Waals surface area contributed by atoms with E-state index in [9.17, 15) is 10.2 Å². The summed E-state index contributed by atoms with van der Waals surface area (Å²) in [5.41, 5.74) is 0. The average Bonchev–Trinajstić information content (AvgIpc) is 2.98. The Balaban J connectivity index is 2.15. The van der Waals surface area contributed by atoms with Crippen LogP contribution < -0.4 is 0 Å². The molecule has 2 heterocycles. The predicted molar refractivity (Wildman–Crippen MR) is 75.4 cm³/mol. The van der Waals surface area contributed by atoms with Gasteiger partial charge in [-0.3, -0.25) is 9.83 Å². The molecule has 20 heavy (non-hydrogen) atoms. The van der Waals surface area contributed by atoms with Crippen LogP contribution in [0.4, 0.5) is 0 Å². The number of aliphatic hydroxyl groups is 3. The van der Waals surface area contributed by atoms with Gasteiger partial charge in [-0.1, -0.05) is 6.08 Å². The van der Waals surface area contributed by atoms with E-state index in [2.05, 4.69) is 24.2 Å². The molecule has 0 spiro atoms. The number of nitrogens with zero attached hydrogens (tertiary/aromatic N) is 2. The number of thiol groups is 1. The SMILES string of the molecule is C=C[C@H]1O[C@H](CO)[C@@H](O)[C@H](O)[C@H]1/N=C(\S)N1CCCO1. The normalized spacial score (nSPS) is 39.1. The van der Waals surface area contributed by atoms with Crippen molar-refractivity contribution in [2.75, 3.05) is 19.8 Å². The van der Waals surface area contributed by atoms with Gasteiger partial charge in [0.2, 0.25) is 0 Å². The van der Waals surface area contributed by atoms with Gasteiger partial charge in [-0.25, -0.2) is 5.06 Å². The molecule has 114 valence electrons. The quantitative estimate of drug-likeness (QED) is 0.230. The maximum Gasteiger partial charge on any atom is 0.180 e. The molecule has 7 nitrogen and oxygen atoms in total. The van der Waals surface area contributed by atoms with Gasteiger partial charge in [0.05, 0.1) is 19.8 Å². The highest BCUT2D eigenvalue weighted by molar-refractivity contribution is 7.96. The summed E-state index contributed by atoms with van der Waals surface area (Å²) in [6.07, 6.45) is -1.50.